The lowest BCUT2D eigenvalue weighted by molar-refractivity contribution is 0.169. The normalized spacial score (nSPS) is 15.4. The van der Waals surface area contributed by atoms with Gasteiger partial charge in [-0.2, -0.15) is 5.10 Å². The smallest absolute Gasteiger partial charge is 0.0610 e. The van der Waals surface area contributed by atoms with E-state index in [9.17, 15) is 0 Å². The minimum atomic E-state index is -0.160. The molecule has 0 saturated carbocycles. The van der Waals surface area contributed by atoms with E-state index in [2.05, 4.69) is 17.3 Å². The maximum Gasteiger partial charge on any atom is 0.0610 e. The van der Waals surface area contributed by atoms with Gasteiger partial charge in [-0.3, -0.25) is 4.68 Å². The maximum absolute atomic E-state index is 9.16. The summed E-state index contributed by atoms with van der Waals surface area (Å²) < 4.78 is 1.88. The topological polar surface area (TPSA) is 50.1 Å². The van der Waals surface area contributed by atoms with Crippen molar-refractivity contribution in [2.45, 2.75) is 32.4 Å². The molecule has 0 amide bonds. The van der Waals surface area contributed by atoms with Crippen LogP contribution in [0.15, 0.2) is 18.5 Å². The van der Waals surface area contributed by atoms with Crippen molar-refractivity contribution in [1.29, 1.82) is 0 Å². The summed E-state index contributed by atoms with van der Waals surface area (Å²) >= 11 is 0. The van der Waals surface area contributed by atoms with E-state index >= 15 is 0 Å². The molecule has 0 aliphatic carbocycles. The number of nitrogens with one attached hydrogen (secondary N) is 1. The van der Waals surface area contributed by atoms with Gasteiger partial charge in [-0.05, 0) is 19.4 Å². The van der Waals surface area contributed by atoms with Crippen LogP contribution in [0.4, 0.5) is 0 Å². The van der Waals surface area contributed by atoms with Crippen molar-refractivity contribution >= 4 is 0 Å². The Bertz CT molecular complexity index is 242. The zero-order valence-electron chi connectivity index (χ0n) is 8.90. The molecule has 4 heteroatoms. The number of nitrogens with zero attached hydrogens (tertiary/aromatic N) is 2. The molecule has 4 nitrogen and oxygen atoms in total. The Morgan fingerprint density at radius 1 is 1.57 bits per heavy atom. The number of aliphatic hydroxyl groups is 1. The number of aromatic nitrogens is 2. The fraction of sp³-hybridized carbons (Fsp3) is 0.700. The van der Waals surface area contributed by atoms with Gasteiger partial charge in [0, 0.05) is 24.5 Å². The standard InChI is InChI=1S/C10H19N3O/c1-3-10(2,9-14)11-6-8-13-7-4-5-12-13/h4-5,7,11,14H,3,6,8-9H2,1-2H3. The third kappa shape index (κ3) is 3.12. The van der Waals surface area contributed by atoms with Crippen LogP contribution in [0, 0.1) is 0 Å². The molecule has 0 radical (unpaired) electrons. The van der Waals surface area contributed by atoms with E-state index < -0.39 is 0 Å². The van der Waals surface area contributed by atoms with Crippen LogP contribution >= 0.6 is 0 Å². The predicted octanol–water partition coefficient (Wildman–Crippen LogP) is 0.634. The molecule has 0 bridgehead atoms. The van der Waals surface area contributed by atoms with Crippen LogP contribution in [0.1, 0.15) is 20.3 Å². The Morgan fingerprint density at radius 2 is 2.36 bits per heavy atom. The molecule has 1 rings (SSSR count). The molecule has 1 aromatic rings. The Labute approximate surface area is 84.9 Å². The van der Waals surface area contributed by atoms with E-state index in [1.165, 1.54) is 0 Å². The number of aliphatic hydroxyl groups excluding tert-OH is 1. The van der Waals surface area contributed by atoms with Gasteiger partial charge in [0.1, 0.15) is 0 Å². The molecule has 1 heterocycles. The van der Waals surface area contributed by atoms with Gasteiger partial charge in [-0.15, -0.1) is 0 Å². The van der Waals surface area contributed by atoms with Gasteiger partial charge in [0.25, 0.3) is 0 Å². The molecule has 14 heavy (non-hydrogen) atoms. The lowest BCUT2D eigenvalue weighted by atomic mass is 10.0. The van der Waals surface area contributed by atoms with Gasteiger partial charge in [0.2, 0.25) is 0 Å². The van der Waals surface area contributed by atoms with Gasteiger partial charge in [-0.25, -0.2) is 0 Å². The zero-order valence-corrected chi connectivity index (χ0v) is 8.90. The minimum absolute atomic E-state index is 0.160. The summed E-state index contributed by atoms with van der Waals surface area (Å²) in [5, 5.41) is 16.6. The first-order valence-corrected chi connectivity index (χ1v) is 5.03. The van der Waals surface area contributed by atoms with Crippen LogP contribution in [0.5, 0.6) is 0 Å². The average Bonchev–Trinajstić information content (AvgIpc) is 2.70. The molecule has 0 aliphatic heterocycles. The van der Waals surface area contributed by atoms with Crippen LogP contribution in [0.3, 0.4) is 0 Å². The Balaban J connectivity index is 2.27. The first kappa shape index (κ1) is 11.2. The molecular weight excluding hydrogens is 178 g/mol. The highest BCUT2D eigenvalue weighted by atomic mass is 16.3. The van der Waals surface area contributed by atoms with Crippen LogP contribution in [0.2, 0.25) is 0 Å². The average molecular weight is 197 g/mol. The summed E-state index contributed by atoms with van der Waals surface area (Å²) in [5.41, 5.74) is -0.160. The summed E-state index contributed by atoms with van der Waals surface area (Å²) in [4.78, 5) is 0. The fourth-order valence-corrected chi connectivity index (χ4v) is 1.20. The highest BCUT2D eigenvalue weighted by Crippen LogP contribution is 2.06. The lowest BCUT2D eigenvalue weighted by Crippen LogP contribution is -2.46. The second kappa shape index (κ2) is 5.12. The molecule has 1 aromatic heterocycles. The van der Waals surface area contributed by atoms with Gasteiger partial charge in [-0.1, -0.05) is 6.92 Å². The van der Waals surface area contributed by atoms with Crippen molar-refractivity contribution in [1.82, 2.24) is 15.1 Å². The number of hydrogen-bond acceptors (Lipinski definition) is 3. The molecule has 80 valence electrons. The van der Waals surface area contributed by atoms with Gasteiger partial charge in [0.15, 0.2) is 0 Å². The highest BCUT2D eigenvalue weighted by Gasteiger charge is 2.18. The van der Waals surface area contributed by atoms with Gasteiger partial charge >= 0.3 is 0 Å². The Morgan fingerprint density at radius 3 is 2.86 bits per heavy atom. The van der Waals surface area contributed by atoms with Crippen LogP contribution in [0.25, 0.3) is 0 Å². The summed E-state index contributed by atoms with van der Waals surface area (Å²) in [6.45, 7) is 5.92. The molecule has 0 spiro atoms. The van der Waals surface area contributed by atoms with Crippen molar-refractivity contribution in [3.63, 3.8) is 0 Å². The SMILES string of the molecule is CCC(C)(CO)NCCn1cccn1. The van der Waals surface area contributed by atoms with E-state index in [1.54, 1.807) is 6.20 Å². The Kier molecular flexibility index (Phi) is 4.10. The molecule has 0 aromatic carbocycles. The van der Waals surface area contributed by atoms with Gasteiger partial charge in [0.05, 0.1) is 13.2 Å². The van der Waals surface area contributed by atoms with E-state index in [0.717, 1.165) is 19.5 Å². The second-order valence-corrected chi connectivity index (χ2v) is 3.77. The molecule has 0 saturated heterocycles. The maximum atomic E-state index is 9.16. The van der Waals surface area contributed by atoms with Gasteiger partial charge < -0.3 is 10.4 Å². The quantitative estimate of drug-likeness (QED) is 0.703. The third-order valence-electron chi connectivity index (χ3n) is 2.58. The van der Waals surface area contributed by atoms with Crippen molar-refractivity contribution in [3.05, 3.63) is 18.5 Å². The minimum Gasteiger partial charge on any atom is -0.394 e. The highest BCUT2D eigenvalue weighted by molar-refractivity contribution is 4.81. The lowest BCUT2D eigenvalue weighted by Gasteiger charge is -2.27. The van der Waals surface area contributed by atoms with E-state index in [4.69, 9.17) is 5.11 Å². The van der Waals surface area contributed by atoms with Crippen LogP contribution in [-0.2, 0) is 6.54 Å². The zero-order chi connectivity index (χ0) is 10.4. The number of hydrogen-bond donors (Lipinski definition) is 2. The van der Waals surface area contributed by atoms with Crippen LogP contribution < -0.4 is 5.32 Å². The van der Waals surface area contributed by atoms with E-state index in [1.807, 2.05) is 23.9 Å². The van der Waals surface area contributed by atoms with E-state index in [0.29, 0.717) is 0 Å². The first-order chi connectivity index (χ1) is 6.70. The van der Waals surface area contributed by atoms with Crippen molar-refractivity contribution in [3.8, 4) is 0 Å². The molecule has 0 aliphatic rings. The predicted molar refractivity (Wildman–Crippen MR) is 56.0 cm³/mol. The van der Waals surface area contributed by atoms with Crippen molar-refractivity contribution in [2.75, 3.05) is 13.2 Å². The molecular formula is C10H19N3O. The van der Waals surface area contributed by atoms with Crippen LogP contribution in [-0.4, -0.2) is 33.6 Å². The molecule has 0 fully saturated rings. The largest absolute Gasteiger partial charge is 0.394 e. The molecule has 1 unspecified atom stereocenters. The second-order valence-electron chi connectivity index (χ2n) is 3.77. The molecule has 1 atom stereocenters. The third-order valence-corrected chi connectivity index (χ3v) is 2.58. The summed E-state index contributed by atoms with van der Waals surface area (Å²) in [6, 6.07) is 1.91. The monoisotopic (exact) mass is 197 g/mol. The number of rotatable bonds is 6. The van der Waals surface area contributed by atoms with Crippen molar-refractivity contribution < 1.29 is 5.11 Å². The summed E-state index contributed by atoms with van der Waals surface area (Å²) in [5.74, 6) is 0. The summed E-state index contributed by atoms with van der Waals surface area (Å²) in [6.07, 6.45) is 4.62. The molecule has 2 N–H and O–H groups in total. The first-order valence-electron chi connectivity index (χ1n) is 5.03. The fourth-order valence-electron chi connectivity index (χ4n) is 1.20. The summed E-state index contributed by atoms with van der Waals surface area (Å²) in [7, 11) is 0. The van der Waals surface area contributed by atoms with Crippen molar-refractivity contribution in [2.24, 2.45) is 0 Å². The Hall–Kier alpha value is -0.870. The van der Waals surface area contributed by atoms with E-state index in [-0.39, 0.29) is 12.1 Å².